The third-order valence-corrected chi connectivity index (χ3v) is 3.56. The Morgan fingerprint density at radius 2 is 2.15 bits per heavy atom. The topological polar surface area (TPSA) is 68.4 Å². The van der Waals surface area contributed by atoms with Gasteiger partial charge in [-0.05, 0) is 18.4 Å². The van der Waals surface area contributed by atoms with E-state index in [1.165, 1.54) is 0 Å². The first-order valence-electron chi connectivity index (χ1n) is 6.96. The van der Waals surface area contributed by atoms with Crippen molar-refractivity contribution in [2.24, 2.45) is 0 Å². The van der Waals surface area contributed by atoms with Crippen LogP contribution in [0.4, 0.5) is 0 Å². The molecule has 1 fully saturated rings. The summed E-state index contributed by atoms with van der Waals surface area (Å²) < 4.78 is 10.7. The molecule has 1 saturated heterocycles. The minimum absolute atomic E-state index is 0.218. The summed E-state index contributed by atoms with van der Waals surface area (Å²) in [4.78, 5) is 4.38. The van der Waals surface area contributed by atoms with Gasteiger partial charge in [-0.15, -0.1) is 0 Å². The van der Waals surface area contributed by atoms with E-state index in [0.29, 0.717) is 24.7 Å². The third-order valence-electron chi connectivity index (χ3n) is 3.56. The summed E-state index contributed by atoms with van der Waals surface area (Å²) in [5, 5.41) is 14.2. The summed E-state index contributed by atoms with van der Waals surface area (Å²) in [5.41, 5.74) is 0.855. The van der Waals surface area contributed by atoms with Crippen LogP contribution in [0.3, 0.4) is 0 Å². The molecule has 0 radical (unpaired) electrons. The molecular formula is C15H18N2O3. The van der Waals surface area contributed by atoms with Gasteiger partial charge in [0.05, 0.1) is 19.1 Å². The average molecular weight is 274 g/mol. The Kier molecular flexibility index (Phi) is 4.08. The highest BCUT2D eigenvalue weighted by Gasteiger charge is 2.22. The number of aliphatic hydroxyl groups is 1. The lowest BCUT2D eigenvalue weighted by Gasteiger charge is -2.18. The molecule has 0 amide bonds. The molecule has 3 rings (SSSR count). The van der Waals surface area contributed by atoms with Gasteiger partial charge in [0.15, 0.2) is 5.82 Å². The van der Waals surface area contributed by atoms with E-state index in [-0.39, 0.29) is 5.92 Å². The number of hydrogen-bond acceptors (Lipinski definition) is 5. The first-order chi connectivity index (χ1) is 9.83. The minimum atomic E-state index is -0.618. The molecule has 2 unspecified atom stereocenters. The molecule has 1 aromatic heterocycles. The molecule has 1 aromatic carbocycles. The fourth-order valence-electron chi connectivity index (χ4n) is 2.42. The maximum Gasteiger partial charge on any atom is 0.229 e. The molecule has 2 aromatic rings. The number of benzene rings is 1. The van der Waals surface area contributed by atoms with Crippen molar-refractivity contribution in [3.8, 4) is 0 Å². The monoisotopic (exact) mass is 274 g/mol. The van der Waals surface area contributed by atoms with Crippen LogP contribution < -0.4 is 0 Å². The lowest BCUT2D eigenvalue weighted by molar-refractivity contribution is 0.0773. The Morgan fingerprint density at radius 3 is 2.90 bits per heavy atom. The van der Waals surface area contributed by atoms with Crippen LogP contribution in [0.15, 0.2) is 34.9 Å². The highest BCUT2D eigenvalue weighted by atomic mass is 16.5. The van der Waals surface area contributed by atoms with Gasteiger partial charge in [-0.3, -0.25) is 0 Å². The molecule has 1 N–H and O–H groups in total. The van der Waals surface area contributed by atoms with Crippen LogP contribution in [0.1, 0.15) is 42.1 Å². The lowest BCUT2D eigenvalue weighted by Crippen LogP contribution is -2.16. The second-order valence-corrected chi connectivity index (χ2v) is 5.09. The highest BCUT2D eigenvalue weighted by molar-refractivity contribution is 5.18. The molecule has 0 saturated carbocycles. The van der Waals surface area contributed by atoms with Crippen molar-refractivity contribution < 1.29 is 14.4 Å². The fourth-order valence-corrected chi connectivity index (χ4v) is 2.42. The molecule has 20 heavy (non-hydrogen) atoms. The van der Waals surface area contributed by atoms with Gasteiger partial charge in [-0.1, -0.05) is 35.5 Å². The van der Waals surface area contributed by atoms with Crippen molar-refractivity contribution in [2.45, 2.75) is 31.3 Å². The second-order valence-electron chi connectivity index (χ2n) is 5.09. The van der Waals surface area contributed by atoms with Crippen LogP contribution in [-0.2, 0) is 11.2 Å². The molecule has 1 aliphatic rings. The third kappa shape index (κ3) is 3.05. The Hall–Kier alpha value is -1.72. The van der Waals surface area contributed by atoms with Crippen molar-refractivity contribution >= 4 is 0 Å². The molecule has 106 valence electrons. The second kappa shape index (κ2) is 6.15. The summed E-state index contributed by atoms with van der Waals surface area (Å²) in [6.45, 7) is 1.47. The van der Waals surface area contributed by atoms with Crippen molar-refractivity contribution in [2.75, 3.05) is 13.2 Å². The number of nitrogens with zero attached hydrogens (tertiary/aromatic N) is 2. The van der Waals surface area contributed by atoms with Crippen molar-refractivity contribution in [3.63, 3.8) is 0 Å². The molecule has 5 nitrogen and oxygen atoms in total. The standard InChI is InChI=1S/C15H18N2O3/c18-13(11-5-2-1-3-6-11)9-14-16-15(17-20-14)12-7-4-8-19-10-12/h1-3,5-6,12-13,18H,4,7-10H2. The van der Waals surface area contributed by atoms with Gasteiger partial charge in [0.25, 0.3) is 0 Å². The van der Waals surface area contributed by atoms with Crippen LogP contribution in [0.25, 0.3) is 0 Å². The molecule has 0 aliphatic carbocycles. The SMILES string of the molecule is OC(Cc1nc(C2CCCOC2)no1)c1ccccc1. The number of hydrogen-bond donors (Lipinski definition) is 1. The van der Waals surface area contributed by atoms with Gasteiger partial charge in [0.2, 0.25) is 5.89 Å². The van der Waals surface area contributed by atoms with E-state index in [4.69, 9.17) is 9.26 Å². The van der Waals surface area contributed by atoms with Gasteiger partial charge in [-0.2, -0.15) is 4.98 Å². The van der Waals surface area contributed by atoms with Crippen LogP contribution in [0.5, 0.6) is 0 Å². The first kappa shape index (κ1) is 13.3. The van der Waals surface area contributed by atoms with Crippen LogP contribution in [0.2, 0.25) is 0 Å². The summed E-state index contributed by atoms with van der Waals surface area (Å²) >= 11 is 0. The van der Waals surface area contributed by atoms with Crippen LogP contribution >= 0.6 is 0 Å². The summed E-state index contributed by atoms with van der Waals surface area (Å²) in [7, 11) is 0. The average Bonchev–Trinajstić information content (AvgIpc) is 2.97. The highest BCUT2D eigenvalue weighted by Crippen LogP contribution is 2.24. The van der Waals surface area contributed by atoms with Gasteiger partial charge < -0.3 is 14.4 Å². The predicted octanol–water partition coefficient (Wildman–Crippen LogP) is 2.24. The molecular weight excluding hydrogens is 256 g/mol. The van der Waals surface area contributed by atoms with Gasteiger partial charge >= 0.3 is 0 Å². The van der Waals surface area contributed by atoms with Gasteiger partial charge in [0, 0.05) is 12.5 Å². The maximum absolute atomic E-state index is 10.1. The smallest absolute Gasteiger partial charge is 0.229 e. The molecule has 2 heterocycles. The number of aromatic nitrogens is 2. The molecule has 0 spiro atoms. The van der Waals surface area contributed by atoms with E-state index in [1.54, 1.807) is 0 Å². The molecule has 0 bridgehead atoms. The Morgan fingerprint density at radius 1 is 1.30 bits per heavy atom. The van der Waals surface area contributed by atoms with Crippen LogP contribution in [-0.4, -0.2) is 28.5 Å². The number of ether oxygens (including phenoxy) is 1. The first-order valence-corrected chi connectivity index (χ1v) is 6.96. The van der Waals surface area contributed by atoms with Crippen molar-refractivity contribution in [3.05, 3.63) is 47.6 Å². The van der Waals surface area contributed by atoms with E-state index in [9.17, 15) is 5.11 Å². The van der Waals surface area contributed by atoms with E-state index in [2.05, 4.69) is 10.1 Å². The molecule has 2 atom stereocenters. The zero-order valence-electron chi connectivity index (χ0n) is 11.2. The summed E-state index contributed by atoms with van der Waals surface area (Å²) in [6, 6.07) is 9.49. The van der Waals surface area contributed by atoms with E-state index < -0.39 is 6.10 Å². The quantitative estimate of drug-likeness (QED) is 0.926. The lowest BCUT2D eigenvalue weighted by atomic mass is 10.0. The Labute approximate surface area is 117 Å². The van der Waals surface area contributed by atoms with E-state index in [1.807, 2.05) is 30.3 Å². The Balaban J connectivity index is 1.65. The Bertz CT molecular complexity index is 535. The predicted molar refractivity (Wildman–Crippen MR) is 72.2 cm³/mol. The molecule has 1 aliphatic heterocycles. The number of aliphatic hydroxyl groups excluding tert-OH is 1. The number of rotatable bonds is 4. The van der Waals surface area contributed by atoms with Gasteiger partial charge in [-0.25, -0.2) is 0 Å². The summed E-state index contributed by atoms with van der Waals surface area (Å²) in [5.74, 6) is 1.39. The van der Waals surface area contributed by atoms with E-state index in [0.717, 1.165) is 25.0 Å². The largest absolute Gasteiger partial charge is 0.388 e. The maximum atomic E-state index is 10.1. The van der Waals surface area contributed by atoms with Crippen molar-refractivity contribution in [1.29, 1.82) is 0 Å². The zero-order chi connectivity index (χ0) is 13.8. The van der Waals surface area contributed by atoms with Gasteiger partial charge in [0.1, 0.15) is 0 Å². The fraction of sp³-hybridized carbons (Fsp3) is 0.467. The zero-order valence-corrected chi connectivity index (χ0v) is 11.2. The van der Waals surface area contributed by atoms with Crippen LogP contribution in [0, 0.1) is 0 Å². The van der Waals surface area contributed by atoms with E-state index >= 15 is 0 Å². The minimum Gasteiger partial charge on any atom is -0.388 e. The molecule has 5 heteroatoms. The van der Waals surface area contributed by atoms with Crippen molar-refractivity contribution in [1.82, 2.24) is 10.1 Å². The summed E-state index contributed by atoms with van der Waals surface area (Å²) in [6.07, 6.45) is 1.78. The normalized spacial score (nSPS) is 20.8.